The van der Waals surface area contributed by atoms with Crippen molar-refractivity contribution in [2.45, 2.75) is 31.7 Å². The average molecular weight is 263 g/mol. The van der Waals surface area contributed by atoms with E-state index in [1.807, 2.05) is 12.1 Å². The van der Waals surface area contributed by atoms with Crippen molar-refractivity contribution < 1.29 is 5.11 Å². The van der Waals surface area contributed by atoms with Gasteiger partial charge in [0.15, 0.2) is 0 Å². The van der Waals surface area contributed by atoms with Crippen molar-refractivity contribution in [1.82, 2.24) is 5.32 Å². The predicted octanol–water partition coefficient (Wildman–Crippen LogP) is 3.11. The average Bonchev–Trinajstić information content (AvgIpc) is 2.89. The minimum absolute atomic E-state index is 0.404. The Morgan fingerprint density at radius 1 is 1.33 bits per heavy atom. The number of thioether (sulfide) groups is 1. The van der Waals surface area contributed by atoms with Crippen LogP contribution in [0.2, 0.25) is 0 Å². The van der Waals surface area contributed by atoms with E-state index in [9.17, 15) is 5.11 Å². The Hall–Kier alpha value is -0.670. The first kappa shape index (κ1) is 12.4. The van der Waals surface area contributed by atoms with Crippen molar-refractivity contribution in [2.24, 2.45) is 5.92 Å². The lowest BCUT2D eigenvalue weighted by atomic mass is 9.87. The number of benzene rings is 1. The lowest BCUT2D eigenvalue weighted by Crippen LogP contribution is -2.29. The molecule has 1 fully saturated rings. The molecule has 0 radical (unpaired) electrons. The maximum absolute atomic E-state index is 9.55. The minimum atomic E-state index is 0.404. The molecule has 1 saturated heterocycles. The molecule has 3 rings (SSSR count). The summed E-state index contributed by atoms with van der Waals surface area (Å²) in [5, 5.41) is 13.3. The molecule has 18 heavy (non-hydrogen) atoms. The Morgan fingerprint density at radius 2 is 2.28 bits per heavy atom. The van der Waals surface area contributed by atoms with E-state index in [1.165, 1.54) is 41.9 Å². The zero-order valence-electron chi connectivity index (χ0n) is 10.7. The van der Waals surface area contributed by atoms with Crippen molar-refractivity contribution in [3.05, 3.63) is 29.3 Å². The molecule has 0 bridgehead atoms. The van der Waals surface area contributed by atoms with Crippen molar-refractivity contribution in [3.8, 4) is 5.75 Å². The second-order valence-corrected chi connectivity index (χ2v) is 6.62. The van der Waals surface area contributed by atoms with E-state index < -0.39 is 0 Å². The van der Waals surface area contributed by atoms with Gasteiger partial charge in [-0.2, -0.15) is 11.8 Å². The molecule has 2 nitrogen and oxygen atoms in total. The maximum Gasteiger partial charge on any atom is 0.115 e. The summed E-state index contributed by atoms with van der Waals surface area (Å²) >= 11 is 2.08. The molecule has 1 aliphatic carbocycles. The van der Waals surface area contributed by atoms with Gasteiger partial charge >= 0.3 is 0 Å². The molecule has 1 heterocycles. The number of phenols is 1. The van der Waals surface area contributed by atoms with Crippen LogP contribution in [0.3, 0.4) is 0 Å². The third-order valence-corrected chi connectivity index (χ3v) is 5.35. The molecule has 1 aromatic rings. The Morgan fingerprint density at radius 3 is 3.11 bits per heavy atom. The van der Waals surface area contributed by atoms with Crippen molar-refractivity contribution in [3.63, 3.8) is 0 Å². The largest absolute Gasteiger partial charge is 0.508 e. The summed E-state index contributed by atoms with van der Waals surface area (Å²) in [5.74, 6) is 3.92. The highest BCUT2D eigenvalue weighted by Gasteiger charge is 2.22. The van der Waals surface area contributed by atoms with Crippen molar-refractivity contribution in [1.29, 1.82) is 0 Å². The summed E-state index contributed by atoms with van der Waals surface area (Å²) in [6, 6.07) is 6.36. The van der Waals surface area contributed by atoms with Crippen LogP contribution >= 0.6 is 11.8 Å². The summed E-state index contributed by atoms with van der Waals surface area (Å²) in [7, 11) is 0. The fourth-order valence-electron chi connectivity index (χ4n) is 3.07. The van der Waals surface area contributed by atoms with Crippen LogP contribution in [0.1, 0.15) is 36.4 Å². The highest BCUT2D eigenvalue weighted by molar-refractivity contribution is 7.99. The van der Waals surface area contributed by atoms with Gasteiger partial charge in [-0.1, -0.05) is 6.07 Å². The van der Waals surface area contributed by atoms with Gasteiger partial charge in [-0.05, 0) is 72.9 Å². The summed E-state index contributed by atoms with van der Waals surface area (Å²) in [6.07, 6.45) is 4.94. The Labute approximate surface area is 113 Å². The van der Waals surface area contributed by atoms with Gasteiger partial charge in [0.2, 0.25) is 0 Å². The first-order valence-electron chi connectivity index (χ1n) is 6.96. The smallest absolute Gasteiger partial charge is 0.115 e. The molecule has 2 atom stereocenters. The van der Waals surface area contributed by atoms with Gasteiger partial charge in [0.05, 0.1) is 0 Å². The third-order valence-electron chi connectivity index (χ3n) is 4.12. The number of fused-ring (bicyclic) bond motifs is 1. The maximum atomic E-state index is 9.55. The highest BCUT2D eigenvalue weighted by atomic mass is 32.2. The van der Waals surface area contributed by atoms with Crippen LogP contribution < -0.4 is 5.32 Å². The number of phenolic OH excluding ortho intramolecular Hbond substituents is 1. The van der Waals surface area contributed by atoms with Crippen LogP contribution in [0.4, 0.5) is 0 Å². The second-order valence-electron chi connectivity index (χ2n) is 5.47. The highest BCUT2D eigenvalue weighted by Crippen LogP contribution is 2.32. The first-order valence-corrected chi connectivity index (χ1v) is 8.11. The Balaban J connectivity index is 1.67. The molecule has 98 valence electrons. The van der Waals surface area contributed by atoms with Crippen LogP contribution in [0.15, 0.2) is 18.2 Å². The lowest BCUT2D eigenvalue weighted by molar-refractivity contribution is 0.415. The van der Waals surface area contributed by atoms with E-state index >= 15 is 0 Å². The van der Waals surface area contributed by atoms with Gasteiger partial charge in [0.1, 0.15) is 5.75 Å². The van der Waals surface area contributed by atoms with Gasteiger partial charge in [-0.25, -0.2) is 0 Å². The molecule has 0 saturated carbocycles. The number of nitrogens with one attached hydrogen (secondary N) is 1. The van der Waals surface area contributed by atoms with E-state index in [4.69, 9.17) is 0 Å². The second kappa shape index (κ2) is 5.54. The van der Waals surface area contributed by atoms with E-state index in [0.717, 1.165) is 18.9 Å². The molecule has 1 aromatic carbocycles. The Bertz CT molecular complexity index is 415. The van der Waals surface area contributed by atoms with E-state index in [-0.39, 0.29) is 0 Å². The van der Waals surface area contributed by atoms with E-state index in [1.54, 1.807) is 0 Å². The molecule has 2 N–H and O–H groups in total. The fourth-order valence-corrected chi connectivity index (χ4v) is 4.35. The molecule has 0 amide bonds. The van der Waals surface area contributed by atoms with Gasteiger partial charge in [-0.3, -0.25) is 0 Å². The number of aryl methyl sites for hydroxylation is 1. The molecule has 2 unspecified atom stereocenters. The fraction of sp³-hybridized carbons (Fsp3) is 0.600. The summed E-state index contributed by atoms with van der Waals surface area (Å²) < 4.78 is 0. The minimum Gasteiger partial charge on any atom is -0.508 e. The van der Waals surface area contributed by atoms with Crippen LogP contribution in [0.5, 0.6) is 5.75 Å². The molecule has 2 aliphatic rings. The standard InChI is InChI=1S/C15H21NOS/c17-13-4-5-14-12(8-13)2-1-3-15(14)16-9-11-6-7-18-10-11/h4-5,8,11,15-17H,1-3,6-7,9-10H2. The number of hydrogen-bond donors (Lipinski definition) is 2. The molecule has 3 heteroatoms. The predicted molar refractivity (Wildman–Crippen MR) is 77.2 cm³/mol. The number of aromatic hydroxyl groups is 1. The monoisotopic (exact) mass is 263 g/mol. The van der Waals surface area contributed by atoms with Crippen molar-refractivity contribution >= 4 is 11.8 Å². The SMILES string of the molecule is Oc1ccc2c(c1)CCCC2NCC1CCSC1. The third kappa shape index (κ3) is 2.67. The summed E-state index contributed by atoms with van der Waals surface area (Å²) in [5.41, 5.74) is 2.74. The summed E-state index contributed by atoms with van der Waals surface area (Å²) in [4.78, 5) is 0. The molecular formula is C15H21NOS. The van der Waals surface area contributed by atoms with Crippen LogP contribution in [0, 0.1) is 5.92 Å². The number of hydrogen-bond acceptors (Lipinski definition) is 3. The Kier molecular flexibility index (Phi) is 3.80. The lowest BCUT2D eigenvalue weighted by Gasteiger charge is -2.27. The van der Waals surface area contributed by atoms with E-state index in [2.05, 4.69) is 23.1 Å². The van der Waals surface area contributed by atoms with Gasteiger partial charge < -0.3 is 10.4 Å². The van der Waals surface area contributed by atoms with Crippen molar-refractivity contribution in [2.75, 3.05) is 18.1 Å². The number of rotatable bonds is 3. The summed E-state index contributed by atoms with van der Waals surface area (Å²) in [6.45, 7) is 1.15. The molecule has 1 aliphatic heterocycles. The van der Waals surface area contributed by atoms with Crippen LogP contribution in [-0.2, 0) is 6.42 Å². The van der Waals surface area contributed by atoms with E-state index in [0.29, 0.717) is 11.8 Å². The first-order chi connectivity index (χ1) is 8.83. The van der Waals surface area contributed by atoms with Gasteiger partial charge in [0, 0.05) is 6.04 Å². The van der Waals surface area contributed by atoms with Crippen LogP contribution in [-0.4, -0.2) is 23.2 Å². The normalized spacial score (nSPS) is 27.1. The van der Waals surface area contributed by atoms with Gasteiger partial charge in [-0.15, -0.1) is 0 Å². The topological polar surface area (TPSA) is 32.3 Å². The zero-order chi connectivity index (χ0) is 12.4. The molecule has 0 spiro atoms. The quantitative estimate of drug-likeness (QED) is 0.879. The zero-order valence-corrected chi connectivity index (χ0v) is 11.5. The van der Waals surface area contributed by atoms with Crippen LogP contribution in [0.25, 0.3) is 0 Å². The molecular weight excluding hydrogens is 242 g/mol. The van der Waals surface area contributed by atoms with Gasteiger partial charge in [0.25, 0.3) is 0 Å². The molecule has 0 aromatic heterocycles.